The van der Waals surface area contributed by atoms with E-state index in [-0.39, 0.29) is 37.2 Å². The lowest BCUT2D eigenvalue weighted by molar-refractivity contribution is -0.147. The molecule has 1 heterocycles. The Kier molecular flexibility index (Phi) is 6.29. The van der Waals surface area contributed by atoms with Crippen molar-refractivity contribution in [2.45, 2.75) is 38.7 Å². The largest absolute Gasteiger partial charge is 0.463 e. The molecule has 1 aliphatic rings. The molecule has 0 saturated carbocycles. The first-order chi connectivity index (χ1) is 11.0. The molecule has 0 aliphatic carbocycles. The third-order valence-corrected chi connectivity index (χ3v) is 3.59. The molecule has 1 saturated heterocycles. The average Bonchev–Trinajstić information content (AvgIpc) is 3.05. The van der Waals surface area contributed by atoms with Crippen LogP contribution in [0.25, 0.3) is 0 Å². The summed E-state index contributed by atoms with van der Waals surface area (Å²) in [6.07, 6.45) is 1.98. The number of ether oxygens (including phenoxy) is 2. The molecule has 1 N–H and O–H groups in total. The van der Waals surface area contributed by atoms with Crippen molar-refractivity contribution in [3.63, 3.8) is 0 Å². The minimum atomic E-state index is -0.400. The van der Waals surface area contributed by atoms with Gasteiger partial charge in [-0.3, -0.25) is 14.4 Å². The van der Waals surface area contributed by atoms with Crippen LogP contribution in [0.4, 0.5) is 5.69 Å². The van der Waals surface area contributed by atoms with Gasteiger partial charge in [0, 0.05) is 24.3 Å². The molecule has 1 amide bonds. The van der Waals surface area contributed by atoms with Gasteiger partial charge in [0.1, 0.15) is 6.61 Å². The van der Waals surface area contributed by atoms with E-state index >= 15 is 0 Å². The van der Waals surface area contributed by atoms with Crippen LogP contribution in [0.5, 0.6) is 0 Å². The zero-order valence-corrected chi connectivity index (χ0v) is 13.2. The van der Waals surface area contributed by atoms with Crippen LogP contribution in [0.1, 0.15) is 43.0 Å². The third-order valence-electron chi connectivity index (χ3n) is 3.59. The van der Waals surface area contributed by atoms with E-state index in [1.54, 1.807) is 24.3 Å². The second-order valence-corrected chi connectivity index (χ2v) is 5.50. The monoisotopic (exact) mass is 319 g/mol. The molecule has 0 unspecified atom stereocenters. The zero-order chi connectivity index (χ0) is 16.7. The number of esters is 1. The van der Waals surface area contributed by atoms with Gasteiger partial charge < -0.3 is 14.8 Å². The molecule has 1 atom stereocenters. The number of amides is 1. The summed E-state index contributed by atoms with van der Waals surface area (Å²) in [5, 5.41) is 2.68. The van der Waals surface area contributed by atoms with Crippen LogP contribution in [-0.2, 0) is 19.1 Å². The van der Waals surface area contributed by atoms with Gasteiger partial charge in [0.2, 0.25) is 5.91 Å². The van der Waals surface area contributed by atoms with Crippen molar-refractivity contribution in [2.24, 2.45) is 0 Å². The van der Waals surface area contributed by atoms with E-state index in [9.17, 15) is 14.4 Å². The van der Waals surface area contributed by atoms with Crippen LogP contribution in [0.15, 0.2) is 24.3 Å². The quantitative estimate of drug-likeness (QED) is 0.616. The van der Waals surface area contributed by atoms with Crippen molar-refractivity contribution in [1.82, 2.24) is 0 Å². The number of rotatable bonds is 7. The third kappa shape index (κ3) is 5.83. The molecular weight excluding hydrogens is 298 g/mol. The maximum absolute atomic E-state index is 11.8. The Morgan fingerprint density at radius 2 is 1.96 bits per heavy atom. The van der Waals surface area contributed by atoms with Gasteiger partial charge in [0.25, 0.3) is 0 Å². The predicted octanol–water partition coefficient (Wildman–Crippen LogP) is 2.33. The summed E-state index contributed by atoms with van der Waals surface area (Å²) >= 11 is 0. The Morgan fingerprint density at radius 1 is 1.22 bits per heavy atom. The van der Waals surface area contributed by atoms with Gasteiger partial charge in [-0.2, -0.15) is 0 Å². The van der Waals surface area contributed by atoms with E-state index < -0.39 is 5.97 Å². The van der Waals surface area contributed by atoms with E-state index in [1.165, 1.54) is 6.92 Å². The van der Waals surface area contributed by atoms with Gasteiger partial charge in [-0.05, 0) is 44.0 Å². The fourth-order valence-corrected chi connectivity index (χ4v) is 2.26. The standard InChI is InChI=1S/C17H21NO5/c1-12(19)13-4-6-14(7-5-13)18-16(20)8-9-17(21)23-11-15-3-2-10-22-15/h4-7,15H,2-3,8-11H2,1H3,(H,18,20)/t15-/m0/s1. The summed E-state index contributed by atoms with van der Waals surface area (Å²) in [6, 6.07) is 6.61. The molecule has 0 aromatic heterocycles. The summed E-state index contributed by atoms with van der Waals surface area (Å²) in [4.78, 5) is 34.5. The van der Waals surface area contributed by atoms with Crippen LogP contribution >= 0.6 is 0 Å². The number of carbonyl (C=O) groups is 3. The maximum Gasteiger partial charge on any atom is 0.306 e. The smallest absolute Gasteiger partial charge is 0.306 e. The second-order valence-electron chi connectivity index (χ2n) is 5.50. The molecule has 23 heavy (non-hydrogen) atoms. The number of hydrogen-bond acceptors (Lipinski definition) is 5. The number of Topliss-reactive ketones (excluding diaryl/α,β-unsaturated/α-hetero) is 1. The van der Waals surface area contributed by atoms with Crippen molar-refractivity contribution >= 4 is 23.3 Å². The predicted molar refractivity (Wildman–Crippen MR) is 84.2 cm³/mol. The van der Waals surface area contributed by atoms with Crippen molar-refractivity contribution in [1.29, 1.82) is 0 Å². The maximum atomic E-state index is 11.8. The Balaban J connectivity index is 1.67. The number of benzene rings is 1. The highest BCUT2D eigenvalue weighted by Gasteiger charge is 2.17. The van der Waals surface area contributed by atoms with Crippen LogP contribution in [0.2, 0.25) is 0 Å². The second kappa shape index (κ2) is 8.43. The Labute approximate surface area is 135 Å². The lowest BCUT2D eigenvalue weighted by atomic mass is 10.1. The van der Waals surface area contributed by atoms with Crippen LogP contribution < -0.4 is 5.32 Å². The SMILES string of the molecule is CC(=O)c1ccc(NC(=O)CCC(=O)OC[C@@H]2CCCO2)cc1. The van der Waals surface area contributed by atoms with E-state index in [1.807, 2.05) is 0 Å². The minimum absolute atomic E-state index is 0.00688. The molecule has 2 rings (SSSR count). The minimum Gasteiger partial charge on any atom is -0.463 e. The highest BCUT2D eigenvalue weighted by molar-refractivity contribution is 5.96. The van der Waals surface area contributed by atoms with Gasteiger partial charge in [-0.15, -0.1) is 0 Å². The molecule has 1 aromatic rings. The summed E-state index contributed by atoms with van der Waals surface area (Å²) < 4.78 is 10.4. The van der Waals surface area contributed by atoms with Gasteiger partial charge in [0.05, 0.1) is 12.5 Å². The first kappa shape index (κ1) is 17.1. The Hall–Kier alpha value is -2.21. The van der Waals surface area contributed by atoms with Gasteiger partial charge in [-0.25, -0.2) is 0 Å². The first-order valence-electron chi connectivity index (χ1n) is 7.72. The van der Waals surface area contributed by atoms with Crippen LogP contribution in [-0.4, -0.2) is 37.0 Å². The molecular formula is C17H21NO5. The summed E-state index contributed by atoms with van der Waals surface area (Å²) in [5.41, 5.74) is 1.17. The lowest BCUT2D eigenvalue weighted by Crippen LogP contribution is -2.19. The summed E-state index contributed by atoms with van der Waals surface area (Å²) in [6.45, 7) is 2.45. The molecule has 124 valence electrons. The summed E-state index contributed by atoms with van der Waals surface area (Å²) in [7, 11) is 0. The van der Waals surface area contributed by atoms with Crippen molar-refractivity contribution in [2.75, 3.05) is 18.5 Å². The lowest BCUT2D eigenvalue weighted by Gasteiger charge is -2.10. The van der Waals surface area contributed by atoms with E-state index in [0.29, 0.717) is 17.9 Å². The van der Waals surface area contributed by atoms with E-state index in [2.05, 4.69) is 5.32 Å². The summed E-state index contributed by atoms with van der Waals surface area (Å²) in [5.74, 6) is -0.700. The van der Waals surface area contributed by atoms with E-state index in [0.717, 1.165) is 12.8 Å². The normalized spacial score (nSPS) is 16.8. The highest BCUT2D eigenvalue weighted by atomic mass is 16.6. The highest BCUT2D eigenvalue weighted by Crippen LogP contribution is 2.13. The average molecular weight is 319 g/mol. The van der Waals surface area contributed by atoms with Crippen LogP contribution in [0, 0.1) is 0 Å². The fraction of sp³-hybridized carbons (Fsp3) is 0.471. The molecule has 6 heteroatoms. The molecule has 1 aliphatic heterocycles. The van der Waals surface area contributed by atoms with Crippen molar-refractivity contribution < 1.29 is 23.9 Å². The number of hydrogen-bond donors (Lipinski definition) is 1. The van der Waals surface area contributed by atoms with Gasteiger partial charge in [0.15, 0.2) is 5.78 Å². The number of carbonyl (C=O) groups excluding carboxylic acids is 3. The first-order valence-corrected chi connectivity index (χ1v) is 7.72. The molecule has 0 spiro atoms. The topological polar surface area (TPSA) is 81.7 Å². The number of anilines is 1. The molecule has 1 aromatic carbocycles. The van der Waals surface area contributed by atoms with E-state index in [4.69, 9.17) is 9.47 Å². The van der Waals surface area contributed by atoms with Crippen LogP contribution in [0.3, 0.4) is 0 Å². The fourth-order valence-electron chi connectivity index (χ4n) is 2.26. The molecule has 1 fully saturated rings. The molecule has 0 bridgehead atoms. The molecule has 6 nitrogen and oxygen atoms in total. The molecule has 0 radical (unpaired) electrons. The van der Waals surface area contributed by atoms with Crippen molar-refractivity contribution in [3.8, 4) is 0 Å². The van der Waals surface area contributed by atoms with Gasteiger partial charge in [-0.1, -0.05) is 0 Å². The van der Waals surface area contributed by atoms with Gasteiger partial charge >= 0.3 is 5.97 Å². The Bertz CT molecular complexity index is 561. The number of nitrogens with one attached hydrogen (secondary N) is 1. The number of ketones is 1. The van der Waals surface area contributed by atoms with Crippen molar-refractivity contribution in [3.05, 3.63) is 29.8 Å². The Morgan fingerprint density at radius 3 is 2.57 bits per heavy atom. The zero-order valence-electron chi connectivity index (χ0n) is 13.2.